The van der Waals surface area contributed by atoms with Gasteiger partial charge in [-0.1, -0.05) is 44.9 Å². The largest absolute Gasteiger partial charge is 1.00 e. The summed E-state index contributed by atoms with van der Waals surface area (Å²) in [6, 6.07) is 0. The molecule has 2 N–H and O–H groups in total. The van der Waals surface area contributed by atoms with E-state index in [1.54, 1.807) is 0 Å². The molecular weight excluding hydrogens is 527 g/mol. The average molecular weight is 573 g/mol. The fourth-order valence-corrected chi connectivity index (χ4v) is 9.85. The Kier molecular flexibility index (Phi) is 9.96. The summed E-state index contributed by atoms with van der Waals surface area (Å²) in [5.41, 5.74) is 0.906. The average Bonchev–Trinajstić information content (AvgIpc) is 3.08. The number of aliphatic carboxylic acids is 1. The molecule has 0 aromatic carbocycles. The number of aliphatic hydroxyl groups is 2. The van der Waals surface area contributed by atoms with E-state index in [1.807, 2.05) is 13.8 Å². The van der Waals surface area contributed by atoms with Crippen LogP contribution in [-0.2, 0) is 14.3 Å². The van der Waals surface area contributed by atoms with Gasteiger partial charge in [-0.05, 0) is 116 Å². The van der Waals surface area contributed by atoms with Gasteiger partial charge in [0.2, 0.25) is 0 Å². The number of carbonyl (C=O) groups is 2. The molecule has 10 atom stereocenters. The van der Waals surface area contributed by atoms with Crippen LogP contribution in [0.1, 0.15) is 99.8 Å². The van der Waals surface area contributed by atoms with Gasteiger partial charge in [-0.3, -0.25) is 4.79 Å². The van der Waals surface area contributed by atoms with Gasteiger partial charge >= 0.3 is 35.5 Å². The first-order chi connectivity index (χ1) is 17.6. The number of carboxylic acid groups (broad SMARTS) is 1. The number of hydrogen-bond donors (Lipinski definition) is 2. The maximum atomic E-state index is 12.6. The Morgan fingerprint density at radius 1 is 1.03 bits per heavy atom. The molecule has 39 heavy (non-hydrogen) atoms. The predicted octanol–water partition coefficient (Wildman–Crippen LogP) is 1.90. The molecule has 4 saturated carbocycles. The van der Waals surface area contributed by atoms with Crippen molar-refractivity contribution in [3.8, 4) is 0 Å². The first-order valence-electron chi connectivity index (χ1n) is 14.4. The van der Waals surface area contributed by atoms with Crippen molar-refractivity contribution in [1.29, 1.82) is 0 Å². The Labute approximate surface area is 261 Å². The topological polar surface area (TPSA) is 107 Å². The molecular formula is C31H46ClNaO6. The number of aliphatic hydroxyl groups excluding tert-OH is 2. The summed E-state index contributed by atoms with van der Waals surface area (Å²) in [6.45, 7) is 14.1. The number of halogens is 1. The molecule has 0 radical (unpaired) electrons. The maximum absolute atomic E-state index is 12.6. The van der Waals surface area contributed by atoms with Crippen molar-refractivity contribution in [2.45, 2.75) is 118 Å². The van der Waals surface area contributed by atoms with Gasteiger partial charge in [0, 0.05) is 12.0 Å². The van der Waals surface area contributed by atoms with E-state index in [-0.39, 0.29) is 81.7 Å². The number of esters is 1. The SMILES string of the molecule is CC(=O)O[C@H]1C[C@@]2(C)[C@@H](C[C@@H](O)C3[C@]2(C)CC[C@H]2[C@H](C)[C@H](O)CC[C@]32C)/C1=C(\CCC(Cl)=C(C)C)C(=O)[O-].[Na+]. The molecule has 1 unspecified atom stereocenters. The molecule has 4 aliphatic rings. The second kappa shape index (κ2) is 11.7. The number of carboxylic acids is 1. The van der Waals surface area contributed by atoms with E-state index in [0.717, 1.165) is 31.3 Å². The zero-order valence-corrected chi connectivity index (χ0v) is 27.9. The Balaban J connectivity index is 0.00000420. The smallest absolute Gasteiger partial charge is 0.545 e. The number of hydrogen-bond acceptors (Lipinski definition) is 6. The van der Waals surface area contributed by atoms with Crippen molar-refractivity contribution in [3.63, 3.8) is 0 Å². The van der Waals surface area contributed by atoms with Crippen LogP contribution in [0.5, 0.6) is 0 Å². The third-order valence-corrected chi connectivity index (χ3v) is 12.3. The normalized spacial score (nSPS) is 44.2. The summed E-state index contributed by atoms with van der Waals surface area (Å²) in [7, 11) is 0. The van der Waals surface area contributed by atoms with Gasteiger partial charge in [-0.15, -0.1) is 0 Å². The van der Waals surface area contributed by atoms with Gasteiger partial charge in [0.15, 0.2) is 0 Å². The number of carbonyl (C=O) groups excluding carboxylic acids is 2. The molecule has 4 fully saturated rings. The van der Waals surface area contributed by atoms with Crippen molar-refractivity contribution in [2.75, 3.05) is 0 Å². The molecule has 214 valence electrons. The number of ether oxygens (including phenoxy) is 1. The molecule has 0 bridgehead atoms. The molecule has 0 saturated heterocycles. The summed E-state index contributed by atoms with van der Waals surface area (Å²) < 4.78 is 5.84. The van der Waals surface area contributed by atoms with Crippen LogP contribution in [0.15, 0.2) is 21.8 Å². The number of allylic oxidation sites excluding steroid dienone is 2. The van der Waals surface area contributed by atoms with Gasteiger partial charge < -0.3 is 24.9 Å². The zero-order valence-electron chi connectivity index (χ0n) is 25.1. The van der Waals surface area contributed by atoms with Gasteiger partial charge in [-0.25, -0.2) is 0 Å². The van der Waals surface area contributed by atoms with E-state index in [9.17, 15) is 24.9 Å². The first-order valence-corrected chi connectivity index (χ1v) is 14.8. The summed E-state index contributed by atoms with van der Waals surface area (Å²) >= 11 is 6.40. The van der Waals surface area contributed by atoms with Crippen molar-refractivity contribution in [3.05, 3.63) is 21.8 Å². The van der Waals surface area contributed by atoms with Crippen LogP contribution in [0.25, 0.3) is 0 Å². The van der Waals surface area contributed by atoms with Gasteiger partial charge in [0.1, 0.15) is 6.10 Å². The van der Waals surface area contributed by atoms with Crippen LogP contribution < -0.4 is 34.7 Å². The van der Waals surface area contributed by atoms with E-state index in [0.29, 0.717) is 35.8 Å². The minimum atomic E-state index is -1.26. The number of rotatable bonds is 5. The third kappa shape index (κ3) is 5.33. The van der Waals surface area contributed by atoms with Crippen molar-refractivity contribution in [2.24, 2.45) is 39.9 Å². The monoisotopic (exact) mass is 572 g/mol. The standard InChI is InChI=1S/C31H47ClO6.Na/c1-16(2)22(32)9-8-19(28(36)37)26-21-14-24(35)27-29(5)12-11-23(34)17(3)20(29)10-13-30(27,6)31(21,7)15-25(26)38-18(4)33;/h17,20-21,23-25,27,34-35H,8-15H2,1-7H3,(H,36,37);/q;+1/p-1/b26-19-;/t17-,20-,21-,23+,24+,25-,27?,29-,30-,31-;/m0./s1. The molecule has 0 heterocycles. The molecule has 0 aromatic heterocycles. The summed E-state index contributed by atoms with van der Waals surface area (Å²) in [6.07, 6.45) is 3.35. The second-order valence-corrected chi connectivity index (χ2v) is 14.2. The molecule has 6 nitrogen and oxygen atoms in total. The minimum Gasteiger partial charge on any atom is -0.545 e. The van der Waals surface area contributed by atoms with Crippen LogP contribution in [0.2, 0.25) is 0 Å². The van der Waals surface area contributed by atoms with E-state index in [1.165, 1.54) is 6.92 Å². The Hall–Kier alpha value is -0.370. The van der Waals surface area contributed by atoms with Crippen molar-refractivity contribution in [1.82, 2.24) is 0 Å². The fourth-order valence-electron chi connectivity index (χ4n) is 9.76. The van der Waals surface area contributed by atoms with Crippen molar-refractivity contribution < 1.29 is 59.2 Å². The fraction of sp³-hybridized carbons (Fsp3) is 0.806. The predicted molar refractivity (Wildman–Crippen MR) is 145 cm³/mol. The third-order valence-electron chi connectivity index (χ3n) is 11.7. The summed E-state index contributed by atoms with van der Waals surface area (Å²) in [5, 5.41) is 35.7. The van der Waals surface area contributed by atoms with Gasteiger partial charge in [0.05, 0.1) is 18.2 Å². The van der Waals surface area contributed by atoms with Crippen molar-refractivity contribution >= 4 is 23.5 Å². The Bertz CT molecular complexity index is 1050. The first kappa shape index (κ1) is 33.1. The molecule has 4 rings (SSSR count). The van der Waals surface area contributed by atoms with E-state index < -0.39 is 24.1 Å². The minimum absolute atomic E-state index is 0. The Morgan fingerprint density at radius 2 is 1.67 bits per heavy atom. The molecule has 0 amide bonds. The van der Waals surface area contributed by atoms with Crippen LogP contribution in [0.4, 0.5) is 0 Å². The molecule has 8 heteroatoms. The maximum Gasteiger partial charge on any atom is 1.00 e. The number of fused-ring (bicyclic) bond motifs is 5. The molecule has 0 aliphatic heterocycles. The van der Waals surface area contributed by atoms with E-state index in [4.69, 9.17) is 16.3 Å². The quantitative estimate of drug-likeness (QED) is 0.296. The van der Waals surface area contributed by atoms with E-state index >= 15 is 0 Å². The molecule has 0 aromatic rings. The van der Waals surface area contributed by atoms with Gasteiger partial charge in [-0.2, -0.15) is 0 Å². The molecule has 4 aliphatic carbocycles. The zero-order chi connectivity index (χ0) is 28.4. The van der Waals surface area contributed by atoms with Crippen LogP contribution >= 0.6 is 11.6 Å². The molecule has 0 spiro atoms. The summed E-state index contributed by atoms with van der Waals surface area (Å²) in [5.74, 6) is -1.44. The Morgan fingerprint density at radius 3 is 2.23 bits per heavy atom. The van der Waals surface area contributed by atoms with Crippen LogP contribution in [-0.4, -0.2) is 40.5 Å². The second-order valence-electron chi connectivity index (χ2n) is 13.7. The van der Waals surface area contributed by atoms with Gasteiger partial charge in [0.25, 0.3) is 0 Å². The van der Waals surface area contributed by atoms with Crippen LogP contribution in [0, 0.1) is 39.9 Å². The van der Waals surface area contributed by atoms with E-state index in [2.05, 4.69) is 27.7 Å². The summed E-state index contributed by atoms with van der Waals surface area (Å²) in [4.78, 5) is 24.8. The van der Waals surface area contributed by atoms with Crippen LogP contribution in [0.3, 0.4) is 0 Å².